The number of ether oxygens (including phenoxy) is 1. The van der Waals surface area contributed by atoms with Crippen LogP contribution < -0.4 is 5.73 Å². The van der Waals surface area contributed by atoms with Crippen LogP contribution in [0.1, 0.15) is 12.2 Å². The molecule has 0 unspecified atom stereocenters. The van der Waals surface area contributed by atoms with Gasteiger partial charge in [0, 0.05) is 20.3 Å². The lowest BCUT2D eigenvalue weighted by Gasteiger charge is -2.01. The van der Waals surface area contributed by atoms with Crippen molar-refractivity contribution in [3.05, 3.63) is 5.82 Å². The van der Waals surface area contributed by atoms with E-state index in [4.69, 9.17) is 10.5 Å². The quantitative estimate of drug-likeness (QED) is 0.585. The first-order valence-electron chi connectivity index (χ1n) is 3.82. The van der Waals surface area contributed by atoms with Crippen LogP contribution in [0.25, 0.3) is 0 Å². The Labute approximate surface area is 70.7 Å². The van der Waals surface area contributed by atoms with E-state index < -0.39 is 0 Å². The van der Waals surface area contributed by atoms with Gasteiger partial charge in [-0.2, -0.15) is 0 Å². The third kappa shape index (κ3) is 2.24. The van der Waals surface area contributed by atoms with Gasteiger partial charge in [-0.3, -0.25) is 0 Å². The van der Waals surface area contributed by atoms with E-state index in [0.717, 1.165) is 13.0 Å². The van der Waals surface area contributed by atoms with Crippen LogP contribution in [-0.2, 0) is 17.8 Å². The zero-order valence-corrected chi connectivity index (χ0v) is 7.10. The van der Waals surface area contributed by atoms with Crippen molar-refractivity contribution < 1.29 is 4.74 Å². The molecule has 0 saturated heterocycles. The third-order valence-corrected chi connectivity index (χ3v) is 1.51. The fraction of sp³-hybridized carbons (Fsp3) is 0.833. The average Bonchev–Trinajstić information content (AvgIpc) is 2.52. The highest BCUT2D eigenvalue weighted by atomic mass is 16.5. The standard InChI is InChI=1S/C6H13N5O/c1-12-4-2-3-11-6(5-7)8-9-10-11/h2-5,7H2,1H3. The molecule has 0 aliphatic rings. The van der Waals surface area contributed by atoms with E-state index in [1.165, 1.54) is 0 Å². The summed E-state index contributed by atoms with van der Waals surface area (Å²) < 4.78 is 6.59. The monoisotopic (exact) mass is 171 g/mol. The van der Waals surface area contributed by atoms with Crippen molar-refractivity contribution in [2.24, 2.45) is 5.73 Å². The first-order chi connectivity index (χ1) is 5.88. The molecule has 1 rings (SSSR count). The minimum Gasteiger partial charge on any atom is -0.385 e. The Kier molecular flexibility index (Phi) is 3.62. The van der Waals surface area contributed by atoms with Gasteiger partial charge in [0.05, 0.1) is 6.54 Å². The Morgan fingerprint density at radius 2 is 2.42 bits per heavy atom. The number of aryl methyl sites for hydroxylation is 1. The van der Waals surface area contributed by atoms with Crippen LogP contribution in [0.3, 0.4) is 0 Å². The number of aromatic nitrogens is 4. The Morgan fingerprint density at radius 1 is 1.58 bits per heavy atom. The minimum atomic E-state index is 0.375. The van der Waals surface area contributed by atoms with Gasteiger partial charge in [0.15, 0.2) is 5.82 Å². The van der Waals surface area contributed by atoms with Crippen molar-refractivity contribution in [1.82, 2.24) is 20.2 Å². The molecule has 1 heterocycles. The first-order valence-corrected chi connectivity index (χ1v) is 3.82. The van der Waals surface area contributed by atoms with Crippen LogP contribution in [0.2, 0.25) is 0 Å². The second-order valence-corrected chi connectivity index (χ2v) is 2.37. The lowest BCUT2D eigenvalue weighted by Crippen LogP contribution is -2.11. The average molecular weight is 171 g/mol. The summed E-state index contributed by atoms with van der Waals surface area (Å²) in [7, 11) is 1.67. The molecule has 0 saturated carbocycles. The van der Waals surface area contributed by atoms with Crippen LogP contribution >= 0.6 is 0 Å². The van der Waals surface area contributed by atoms with Crippen molar-refractivity contribution >= 4 is 0 Å². The van der Waals surface area contributed by atoms with Gasteiger partial charge >= 0.3 is 0 Å². The zero-order valence-electron chi connectivity index (χ0n) is 7.10. The van der Waals surface area contributed by atoms with E-state index in [0.29, 0.717) is 19.0 Å². The maximum Gasteiger partial charge on any atom is 0.164 e. The Hall–Kier alpha value is -1.01. The second-order valence-electron chi connectivity index (χ2n) is 2.37. The van der Waals surface area contributed by atoms with Crippen LogP contribution in [0.4, 0.5) is 0 Å². The summed E-state index contributed by atoms with van der Waals surface area (Å²) in [5, 5.41) is 11.0. The molecule has 0 bridgehead atoms. The number of nitrogens with zero attached hydrogens (tertiary/aromatic N) is 4. The van der Waals surface area contributed by atoms with Gasteiger partial charge in [0.1, 0.15) is 0 Å². The van der Waals surface area contributed by atoms with Gasteiger partial charge in [0.2, 0.25) is 0 Å². The molecule has 0 amide bonds. The summed E-state index contributed by atoms with van der Waals surface area (Å²) in [5.74, 6) is 0.714. The lowest BCUT2D eigenvalue weighted by atomic mass is 10.4. The molecule has 1 aromatic heterocycles. The third-order valence-electron chi connectivity index (χ3n) is 1.51. The predicted octanol–water partition coefficient (Wildman–Crippen LogP) is -0.832. The lowest BCUT2D eigenvalue weighted by molar-refractivity contribution is 0.188. The molecule has 0 aliphatic heterocycles. The normalized spacial score (nSPS) is 10.5. The number of hydrogen-bond acceptors (Lipinski definition) is 5. The van der Waals surface area contributed by atoms with Crippen molar-refractivity contribution in [2.45, 2.75) is 19.5 Å². The maximum atomic E-state index is 5.40. The molecule has 0 radical (unpaired) electrons. The smallest absolute Gasteiger partial charge is 0.164 e. The van der Waals surface area contributed by atoms with Gasteiger partial charge in [-0.1, -0.05) is 0 Å². The van der Waals surface area contributed by atoms with Crippen molar-refractivity contribution in [1.29, 1.82) is 0 Å². The number of methoxy groups -OCH3 is 1. The first kappa shape index (κ1) is 9.08. The summed E-state index contributed by atoms with van der Waals surface area (Å²) in [6.07, 6.45) is 0.897. The van der Waals surface area contributed by atoms with Crippen LogP contribution in [0.15, 0.2) is 0 Å². The van der Waals surface area contributed by atoms with Gasteiger partial charge in [-0.25, -0.2) is 4.68 Å². The molecule has 0 spiro atoms. The maximum absolute atomic E-state index is 5.40. The number of nitrogens with two attached hydrogens (primary N) is 1. The SMILES string of the molecule is COCCCn1nnnc1CN. The molecule has 2 N–H and O–H groups in total. The molecule has 68 valence electrons. The number of rotatable bonds is 5. The van der Waals surface area contributed by atoms with E-state index >= 15 is 0 Å². The van der Waals surface area contributed by atoms with E-state index in [2.05, 4.69) is 15.5 Å². The minimum absolute atomic E-state index is 0.375. The molecule has 0 fully saturated rings. The van der Waals surface area contributed by atoms with E-state index in [9.17, 15) is 0 Å². The molecule has 0 aliphatic carbocycles. The van der Waals surface area contributed by atoms with Crippen LogP contribution in [0, 0.1) is 0 Å². The second kappa shape index (κ2) is 4.78. The summed E-state index contributed by atoms with van der Waals surface area (Å²) >= 11 is 0. The highest BCUT2D eigenvalue weighted by molar-refractivity contribution is 4.77. The largest absolute Gasteiger partial charge is 0.385 e. The molecular formula is C6H13N5O. The van der Waals surface area contributed by atoms with Crippen molar-refractivity contribution in [2.75, 3.05) is 13.7 Å². The molecule has 6 nitrogen and oxygen atoms in total. The topological polar surface area (TPSA) is 78.8 Å². The fourth-order valence-electron chi connectivity index (χ4n) is 0.902. The highest BCUT2D eigenvalue weighted by Crippen LogP contribution is 1.92. The van der Waals surface area contributed by atoms with Gasteiger partial charge in [-0.15, -0.1) is 5.10 Å². The van der Waals surface area contributed by atoms with Crippen molar-refractivity contribution in [3.8, 4) is 0 Å². The van der Waals surface area contributed by atoms with Gasteiger partial charge in [0.25, 0.3) is 0 Å². The van der Waals surface area contributed by atoms with Crippen LogP contribution in [0.5, 0.6) is 0 Å². The van der Waals surface area contributed by atoms with E-state index in [1.54, 1.807) is 11.8 Å². The van der Waals surface area contributed by atoms with E-state index in [-0.39, 0.29) is 0 Å². The van der Waals surface area contributed by atoms with Crippen LogP contribution in [-0.4, -0.2) is 33.9 Å². The van der Waals surface area contributed by atoms with Crippen molar-refractivity contribution in [3.63, 3.8) is 0 Å². The Morgan fingerprint density at radius 3 is 3.08 bits per heavy atom. The number of hydrogen-bond donors (Lipinski definition) is 1. The summed E-state index contributed by atoms with van der Waals surface area (Å²) in [6, 6.07) is 0. The van der Waals surface area contributed by atoms with E-state index in [1.807, 2.05) is 0 Å². The Balaban J connectivity index is 2.39. The molecule has 6 heteroatoms. The Bertz CT molecular complexity index is 223. The summed E-state index contributed by atoms with van der Waals surface area (Å²) in [4.78, 5) is 0. The molecule has 0 aromatic carbocycles. The molecule has 0 atom stereocenters. The van der Waals surface area contributed by atoms with Gasteiger partial charge in [-0.05, 0) is 16.8 Å². The van der Waals surface area contributed by atoms with Gasteiger partial charge < -0.3 is 10.5 Å². The molecule has 12 heavy (non-hydrogen) atoms. The molecule has 1 aromatic rings. The molecular weight excluding hydrogens is 158 g/mol. The predicted molar refractivity (Wildman–Crippen MR) is 42.2 cm³/mol. The fourth-order valence-corrected chi connectivity index (χ4v) is 0.902. The summed E-state index contributed by atoms with van der Waals surface area (Å²) in [6.45, 7) is 1.84. The number of tetrazole rings is 1. The zero-order chi connectivity index (χ0) is 8.81. The highest BCUT2D eigenvalue weighted by Gasteiger charge is 2.01. The summed E-state index contributed by atoms with van der Waals surface area (Å²) in [5.41, 5.74) is 5.40.